The summed E-state index contributed by atoms with van der Waals surface area (Å²) in [7, 11) is 0. The molecule has 23 heavy (non-hydrogen) atoms. The molecule has 1 aliphatic carbocycles. The third-order valence-corrected chi connectivity index (χ3v) is 3.77. The number of carbonyl (C=O) groups excluding carboxylic acids is 2. The van der Waals surface area contributed by atoms with Gasteiger partial charge in [-0.05, 0) is 31.0 Å². The van der Waals surface area contributed by atoms with Gasteiger partial charge in [-0.25, -0.2) is 0 Å². The van der Waals surface area contributed by atoms with Crippen LogP contribution in [0.5, 0.6) is 0 Å². The maximum Gasteiger partial charge on any atom is 0.416 e. The first-order valence-corrected chi connectivity index (χ1v) is 7.61. The Kier molecular flexibility index (Phi) is 5.63. The summed E-state index contributed by atoms with van der Waals surface area (Å²) in [4.78, 5) is 23.6. The van der Waals surface area contributed by atoms with Crippen molar-refractivity contribution >= 4 is 17.5 Å². The molecule has 1 aliphatic rings. The summed E-state index contributed by atoms with van der Waals surface area (Å²) < 4.78 is 37.8. The van der Waals surface area contributed by atoms with E-state index in [1.807, 2.05) is 0 Å². The summed E-state index contributed by atoms with van der Waals surface area (Å²) in [6.07, 6.45) is 0.207. The lowest BCUT2D eigenvalue weighted by Gasteiger charge is -2.22. The number of benzene rings is 1. The third kappa shape index (κ3) is 5.58. The van der Waals surface area contributed by atoms with Gasteiger partial charge in [-0.1, -0.05) is 25.3 Å². The molecular weight excluding hydrogens is 309 g/mol. The van der Waals surface area contributed by atoms with Crippen LogP contribution >= 0.6 is 0 Å². The molecule has 1 aromatic rings. The van der Waals surface area contributed by atoms with Crippen molar-refractivity contribution in [2.75, 3.05) is 5.32 Å². The second-order valence-electron chi connectivity index (χ2n) is 5.71. The van der Waals surface area contributed by atoms with E-state index >= 15 is 0 Å². The van der Waals surface area contributed by atoms with Crippen molar-refractivity contribution in [1.29, 1.82) is 0 Å². The van der Waals surface area contributed by atoms with Crippen LogP contribution in [0.2, 0.25) is 0 Å². The zero-order valence-electron chi connectivity index (χ0n) is 12.6. The van der Waals surface area contributed by atoms with E-state index in [-0.39, 0.29) is 11.7 Å². The molecule has 0 heterocycles. The van der Waals surface area contributed by atoms with E-state index in [0.29, 0.717) is 0 Å². The highest BCUT2D eigenvalue weighted by molar-refractivity contribution is 6.03. The van der Waals surface area contributed by atoms with Gasteiger partial charge in [-0.15, -0.1) is 0 Å². The summed E-state index contributed by atoms with van der Waals surface area (Å²) >= 11 is 0. The monoisotopic (exact) mass is 328 g/mol. The van der Waals surface area contributed by atoms with Crippen LogP contribution in [0, 0.1) is 0 Å². The minimum Gasteiger partial charge on any atom is -0.353 e. The van der Waals surface area contributed by atoms with Crippen LogP contribution in [0.25, 0.3) is 0 Å². The van der Waals surface area contributed by atoms with Gasteiger partial charge in [-0.3, -0.25) is 9.59 Å². The number of hydrogen-bond donors (Lipinski definition) is 2. The largest absolute Gasteiger partial charge is 0.416 e. The molecule has 2 N–H and O–H groups in total. The minimum atomic E-state index is -4.47. The van der Waals surface area contributed by atoms with Crippen molar-refractivity contribution < 1.29 is 22.8 Å². The molecule has 0 saturated heterocycles. The van der Waals surface area contributed by atoms with Gasteiger partial charge in [0.05, 0.1) is 5.56 Å². The number of carbonyl (C=O) groups is 2. The Morgan fingerprint density at radius 2 is 1.78 bits per heavy atom. The number of hydrogen-bond acceptors (Lipinski definition) is 2. The van der Waals surface area contributed by atoms with Gasteiger partial charge >= 0.3 is 6.18 Å². The Hall–Kier alpha value is -2.05. The average molecular weight is 328 g/mol. The number of rotatable bonds is 4. The van der Waals surface area contributed by atoms with Crippen LogP contribution < -0.4 is 10.6 Å². The predicted molar refractivity (Wildman–Crippen MR) is 79.7 cm³/mol. The molecule has 126 valence electrons. The van der Waals surface area contributed by atoms with Gasteiger partial charge < -0.3 is 10.6 Å². The Bertz CT molecular complexity index is 567. The van der Waals surface area contributed by atoms with E-state index in [0.717, 1.165) is 44.2 Å². The number of amides is 2. The van der Waals surface area contributed by atoms with Crippen molar-refractivity contribution in [2.24, 2.45) is 0 Å². The summed E-state index contributed by atoms with van der Waals surface area (Å²) in [6, 6.07) is 4.42. The molecule has 1 aromatic carbocycles. The van der Waals surface area contributed by atoms with Crippen LogP contribution in [0.3, 0.4) is 0 Å². The summed E-state index contributed by atoms with van der Waals surface area (Å²) in [5.74, 6) is -1.03. The van der Waals surface area contributed by atoms with Crippen LogP contribution in [0.4, 0.5) is 18.9 Å². The molecule has 4 nitrogen and oxygen atoms in total. The van der Waals surface area contributed by atoms with Gasteiger partial charge in [0.2, 0.25) is 11.8 Å². The lowest BCUT2D eigenvalue weighted by molar-refractivity contribution is -0.137. The average Bonchev–Trinajstić information content (AvgIpc) is 2.47. The molecule has 1 fully saturated rings. The SMILES string of the molecule is O=C(CC(=O)NC1CCCCC1)Nc1cccc(C(F)(F)F)c1. The van der Waals surface area contributed by atoms with Crippen molar-refractivity contribution in [2.45, 2.75) is 50.7 Å². The van der Waals surface area contributed by atoms with Gasteiger partial charge in [0, 0.05) is 11.7 Å². The highest BCUT2D eigenvalue weighted by atomic mass is 19.4. The summed E-state index contributed by atoms with van der Waals surface area (Å²) in [5.41, 5.74) is -0.822. The summed E-state index contributed by atoms with van der Waals surface area (Å²) in [6.45, 7) is 0. The first-order chi connectivity index (χ1) is 10.8. The smallest absolute Gasteiger partial charge is 0.353 e. The minimum absolute atomic E-state index is 0.0234. The second-order valence-corrected chi connectivity index (χ2v) is 5.71. The lowest BCUT2D eigenvalue weighted by Crippen LogP contribution is -2.37. The Balaban J connectivity index is 1.85. The quantitative estimate of drug-likeness (QED) is 0.831. The first kappa shape index (κ1) is 17.3. The van der Waals surface area contributed by atoms with E-state index in [2.05, 4.69) is 10.6 Å². The number of anilines is 1. The fraction of sp³-hybridized carbons (Fsp3) is 0.500. The molecule has 0 unspecified atom stereocenters. The highest BCUT2D eigenvalue weighted by Crippen LogP contribution is 2.30. The van der Waals surface area contributed by atoms with Crippen LogP contribution in [0.15, 0.2) is 24.3 Å². The van der Waals surface area contributed by atoms with Crippen molar-refractivity contribution in [3.63, 3.8) is 0 Å². The standard InChI is InChI=1S/C16H19F3N2O2/c17-16(18,19)11-5-4-8-13(9-11)21-15(23)10-14(22)20-12-6-2-1-3-7-12/h4-5,8-9,12H,1-3,6-7,10H2,(H,20,22)(H,21,23). The molecular formula is C16H19F3N2O2. The summed E-state index contributed by atoms with van der Waals surface area (Å²) in [5, 5.41) is 5.11. The lowest BCUT2D eigenvalue weighted by atomic mass is 9.95. The van der Waals surface area contributed by atoms with Crippen LogP contribution in [-0.4, -0.2) is 17.9 Å². The normalized spacial score (nSPS) is 16.0. The van der Waals surface area contributed by atoms with Gasteiger partial charge in [0.15, 0.2) is 0 Å². The van der Waals surface area contributed by atoms with Crippen LogP contribution in [-0.2, 0) is 15.8 Å². The molecule has 0 atom stereocenters. The Morgan fingerprint density at radius 1 is 1.09 bits per heavy atom. The van der Waals surface area contributed by atoms with E-state index < -0.39 is 30.0 Å². The maximum atomic E-state index is 12.6. The second kappa shape index (κ2) is 7.48. The van der Waals surface area contributed by atoms with Crippen LogP contribution in [0.1, 0.15) is 44.1 Å². The third-order valence-electron chi connectivity index (χ3n) is 3.77. The Morgan fingerprint density at radius 3 is 2.43 bits per heavy atom. The van der Waals surface area contributed by atoms with E-state index in [1.54, 1.807) is 0 Å². The number of nitrogens with one attached hydrogen (secondary N) is 2. The highest BCUT2D eigenvalue weighted by Gasteiger charge is 2.30. The van der Waals surface area contributed by atoms with E-state index in [1.165, 1.54) is 12.1 Å². The number of alkyl halides is 3. The molecule has 0 bridgehead atoms. The zero-order chi connectivity index (χ0) is 16.9. The number of halogens is 3. The van der Waals surface area contributed by atoms with E-state index in [9.17, 15) is 22.8 Å². The van der Waals surface area contributed by atoms with Crippen molar-refractivity contribution in [1.82, 2.24) is 5.32 Å². The molecule has 0 spiro atoms. The molecule has 7 heteroatoms. The maximum absolute atomic E-state index is 12.6. The Labute approximate surface area is 132 Å². The first-order valence-electron chi connectivity index (χ1n) is 7.61. The zero-order valence-corrected chi connectivity index (χ0v) is 12.6. The van der Waals surface area contributed by atoms with E-state index in [4.69, 9.17) is 0 Å². The predicted octanol–water partition coefficient (Wildman–Crippen LogP) is 3.48. The molecule has 0 aromatic heterocycles. The fourth-order valence-corrected chi connectivity index (χ4v) is 2.65. The topological polar surface area (TPSA) is 58.2 Å². The van der Waals surface area contributed by atoms with Gasteiger partial charge in [0.1, 0.15) is 6.42 Å². The molecule has 2 rings (SSSR count). The fourth-order valence-electron chi connectivity index (χ4n) is 2.65. The van der Waals surface area contributed by atoms with Crippen molar-refractivity contribution in [3.05, 3.63) is 29.8 Å². The van der Waals surface area contributed by atoms with Gasteiger partial charge in [0.25, 0.3) is 0 Å². The van der Waals surface area contributed by atoms with Crippen molar-refractivity contribution in [3.8, 4) is 0 Å². The molecule has 0 aliphatic heterocycles. The van der Waals surface area contributed by atoms with Gasteiger partial charge in [-0.2, -0.15) is 13.2 Å². The molecule has 0 radical (unpaired) electrons. The molecule has 1 saturated carbocycles. The molecule has 2 amide bonds.